The first kappa shape index (κ1) is 24.2. The Morgan fingerprint density at radius 3 is 2.61 bits per heavy atom. The van der Waals surface area contributed by atoms with Gasteiger partial charge in [0.05, 0.1) is 18.0 Å². The summed E-state index contributed by atoms with van der Waals surface area (Å²) in [6.07, 6.45) is 1.73. The predicted octanol–water partition coefficient (Wildman–Crippen LogP) is 5.86. The number of carbonyl (C=O) groups excluding carboxylic acids is 1. The number of hydrogen-bond acceptors (Lipinski definition) is 5. The molecule has 38 heavy (non-hydrogen) atoms. The molecule has 0 unspecified atom stereocenters. The molecule has 0 saturated carbocycles. The lowest BCUT2D eigenvalue weighted by Crippen LogP contribution is -2.52. The van der Waals surface area contributed by atoms with Crippen molar-refractivity contribution in [1.82, 2.24) is 14.9 Å². The number of aromatic nitrogens is 2. The molecule has 0 aliphatic carbocycles. The van der Waals surface area contributed by atoms with Gasteiger partial charge in [0.2, 0.25) is 5.95 Å². The van der Waals surface area contributed by atoms with Crippen LogP contribution in [0, 0.1) is 5.82 Å². The summed E-state index contributed by atoms with van der Waals surface area (Å²) in [5, 5.41) is 7.96. The van der Waals surface area contributed by atoms with Crippen molar-refractivity contribution in [3.8, 4) is 11.3 Å². The van der Waals surface area contributed by atoms with Gasteiger partial charge in [0, 0.05) is 57.8 Å². The van der Waals surface area contributed by atoms with Gasteiger partial charge in [-0.05, 0) is 48.5 Å². The minimum absolute atomic E-state index is 0.00124. The molecule has 6 rings (SSSR count). The number of fused-ring (bicyclic) bond motifs is 3. The van der Waals surface area contributed by atoms with Crippen molar-refractivity contribution in [3.05, 3.63) is 111 Å². The molecule has 1 N–H and O–H groups in total. The summed E-state index contributed by atoms with van der Waals surface area (Å²) in [6.45, 7) is 1.62. The van der Waals surface area contributed by atoms with Crippen LogP contribution in [-0.2, 0) is 6.54 Å². The quantitative estimate of drug-likeness (QED) is 0.354. The maximum absolute atomic E-state index is 14.7. The van der Waals surface area contributed by atoms with Gasteiger partial charge in [-0.3, -0.25) is 9.79 Å². The highest BCUT2D eigenvalue weighted by atomic mass is 35.5. The number of carbonyl (C=O) groups is 1. The smallest absolute Gasteiger partial charge is 0.253 e. The van der Waals surface area contributed by atoms with Gasteiger partial charge in [0.15, 0.2) is 0 Å². The zero-order valence-electron chi connectivity index (χ0n) is 20.5. The minimum atomic E-state index is -0.354. The van der Waals surface area contributed by atoms with Crippen LogP contribution in [0.15, 0.2) is 77.9 Å². The fourth-order valence-electron chi connectivity index (χ4n) is 4.66. The van der Waals surface area contributed by atoms with Gasteiger partial charge in [-0.25, -0.2) is 14.4 Å². The lowest BCUT2D eigenvalue weighted by atomic mass is 9.95. The number of rotatable bonds is 5. The lowest BCUT2D eigenvalue weighted by Gasteiger charge is -2.46. The molecule has 1 fully saturated rings. The molecule has 190 valence electrons. The second kappa shape index (κ2) is 9.96. The number of likely N-dealkylation sites (N-methyl/N-ethyl adjacent to an activating group) is 1. The van der Waals surface area contributed by atoms with E-state index in [-0.39, 0.29) is 17.8 Å². The molecule has 0 spiro atoms. The fourth-order valence-corrected chi connectivity index (χ4v) is 4.83. The Bertz CT molecular complexity index is 1570. The molecule has 0 bridgehead atoms. The molecule has 1 aromatic heterocycles. The molecule has 9 heteroatoms. The third-order valence-electron chi connectivity index (χ3n) is 6.80. The zero-order valence-corrected chi connectivity index (χ0v) is 21.3. The number of aliphatic imine (C=N–C) groups is 1. The van der Waals surface area contributed by atoms with Crippen LogP contribution in [0.4, 0.5) is 16.0 Å². The second-order valence-electron chi connectivity index (χ2n) is 9.23. The van der Waals surface area contributed by atoms with E-state index in [1.165, 1.54) is 6.07 Å². The Morgan fingerprint density at radius 1 is 1.05 bits per heavy atom. The monoisotopic (exact) mass is 525 g/mol. The molecule has 2 aliphatic rings. The van der Waals surface area contributed by atoms with Gasteiger partial charge in [-0.1, -0.05) is 29.8 Å². The highest BCUT2D eigenvalue weighted by Gasteiger charge is 2.25. The number of halogens is 2. The van der Waals surface area contributed by atoms with E-state index >= 15 is 0 Å². The largest absolute Gasteiger partial charge is 0.659 e. The van der Waals surface area contributed by atoms with Gasteiger partial charge >= 0.3 is 0 Å². The maximum Gasteiger partial charge on any atom is 0.253 e. The normalized spacial score (nSPS) is 14.6. The SMILES string of the molecule is C[N-]C1CN(C(=O)c2ccc(Nc3ncc4c(n3)-c3ccc(Cl)cc3C(c3ccccc3F)=NC4)cc2)C1. The Labute approximate surface area is 224 Å². The number of likely N-dealkylation sites (tertiary alicyclic amines) is 1. The molecule has 3 aromatic carbocycles. The van der Waals surface area contributed by atoms with E-state index in [4.69, 9.17) is 21.6 Å². The van der Waals surface area contributed by atoms with Crippen molar-refractivity contribution in [2.24, 2.45) is 4.99 Å². The van der Waals surface area contributed by atoms with Crippen LogP contribution in [-0.4, -0.2) is 52.7 Å². The maximum atomic E-state index is 14.7. The summed E-state index contributed by atoms with van der Waals surface area (Å²) in [7, 11) is 1.78. The summed E-state index contributed by atoms with van der Waals surface area (Å²) in [5.41, 5.74) is 5.32. The summed E-state index contributed by atoms with van der Waals surface area (Å²) >= 11 is 6.34. The van der Waals surface area contributed by atoms with E-state index in [2.05, 4.69) is 15.6 Å². The number of amides is 1. The average molecular weight is 526 g/mol. The van der Waals surface area contributed by atoms with E-state index in [9.17, 15) is 9.18 Å². The Hall–Kier alpha value is -4.14. The van der Waals surface area contributed by atoms with Crippen LogP contribution in [0.3, 0.4) is 0 Å². The topological polar surface area (TPSA) is 84.6 Å². The van der Waals surface area contributed by atoms with Crippen molar-refractivity contribution >= 4 is 34.9 Å². The van der Waals surface area contributed by atoms with Crippen LogP contribution in [0.2, 0.25) is 5.02 Å². The van der Waals surface area contributed by atoms with Crippen LogP contribution in [0.1, 0.15) is 27.0 Å². The van der Waals surface area contributed by atoms with Crippen LogP contribution in [0.25, 0.3) is 16.6 Å². The van der Waals surface area contributed by atoms with Gasteiger partial charge in [0.1, 0.15) is 5.82 Å². The zero-order chi connectivity index (χ0) is 26.2. The molecule has 3 heterocycles. The molecule has 2 aliphatic heterocycles. The average Bonchev–Trinajstić information content (AvgIpc) is 3.05. The number of hydrogen-bond donors (Lipinski definition) is 1. The first-order valence-electron chi connectivity index (χ1n) is 12.2. The molecule has 0 radical (unpaired) electrons. The summed E-state index contributed by atoms with van der Waals surface area (Å²) in [4.78, 5) is 28.4. The second-order valence-corrected chi connectivity index (χ2v) is 9.66. The van der Waals surface area contributed by atoms with Crippen molar-refractivity contribution < 1.29 is 9.18 Å². The summed E-state index contributed by atoms with van der Waals surface area (Å²) in [5.74, 6) is 0.0413. The minimum Gasteiger partial charge on any atom is -0.659 e. The third-order valence-corrected chi connectivity index (χ3v) is 7.03. The van der Waals surface area contributed by atoms with Crippen molar-refractivity contribution in [1.29, 1.82) is 0 Å². The molecule has 0 atom stereocenters. The summed E-state index contributed by atoms with van der Waals surface area (Å²) < 4.78 is 14.7. The Kier molecular flexibility index (Phi) is 6.35. The summed E-state index contributed by atoms with van der Waals surface area (Å²) in [6, 6.07) is 19.5. The standard InChI is InChI=1S/C29H23ClFN6O/c1-32-21-15-37(16-21)28(38)17-6-9-20(10-7-17)35-29-34-14-18-13-33-27(23-4-2-3-5-25(23)31)24-12-19(30)8-11-22(24)26(18)36-29/h2-12,14,21H,13,15-16H2,1H3,(H,34,35,36)/q-1. The molecule has 1 amide bonds. The molecule has 7 nitrogen and oxygen atoms in total. The fraction of sp³-hybridized carbons (Fsp3) is 0.172. The van der Waals surface area contributed by atoms with Gasteiger partial charge in [0.25, 0.3) is 5.91 Å². The van der Waals surface area contributed by atoms with Crippen LogP contribution >= 0.6 is 11.6 Å². The Balaban J connectivity index is 1.28. The van der Waals surface area contributed by atoms with E-state index in [1.54, 1.807) is 60.6 Å². The number of benzene rings is 3. The number of nitrogens with one attached hydrogen (secondary N) is 1. The van der Waals surface area contributed by atoms with Gasteiger partial charge in [-0.2, -0.15) is 7.05 Å². The number of nitrogens with zero attached hydrogens (tertiary/aromatic N) is 5. The highest BCUT2D eigenvalue weighted by Crippen LogP contribution is 2.34. The van der Waals surface area contributed by atoms with E-state index in [0.29, 0.717) is 58.7 Å². The molecular formula is C29H23ClFN6O-. The first-order chi connectivity index (χ1) is 18.5. The van der Waals surface area contributed by atoms with E-state index in [1.807, 2.05) is 18.2 Å². The van der Waals surface area contributed by atoms with Crippen LogP contribution < -0.4 is 5.32 Å². The van der Waals surface area contributed by atoms with Crippen molar-refractivity contribution in [2.45, 2.75) is 12.6 Å². The van der Waals surface area contributed by atoms with Crippen molar-refractivity contribution in [2.75, 3.05) is 25.5 Å². The number of anilines is 2. The molecule has 1 saturated heterocycles. The molecular weight excluding hydrogens is 503 g/mol. The molecule has 4 aromatic rings. The first-order valence-corrected chi connectivity index (χ1v) is 12.6. The third kappa shape index (κ3) is 4.53. The highest BCUT2D eigenvalue weighted by molar-refractivity contribution is 6.31. The van der Waals surface area contributed by atoms with E-state index in [0.717, 1.165) is 16.8 Å². The van der Waals surface area contributed by atoms with Crippen molar-refractivity contribution in [3.63, 3.8) is 0 Å². The van der Waals surface area contributed by atoms with Gasteiger partial charge < -0.3 is 15.5 Å². The predicted molar refractivity (Wildman–Crippen MR) is 147 cm³/mol. The van der Waals surface area contributed by atoms with Crippen LogP contribution in [0.5, 0.6) is 0 Å². The lowest BCUT2D eigenvalue weighted by molar-refractivity contribution is 0.0632. The Morgan fingerprint density at radius 2 is 1.84 bits per heavy atom. The van der Waals surface area contributed by atoms with Gasteiger partial charge in [-0.15, -0.1) is 6.04 Å². The van der Waals surface area contributed by atoms with E-state index < -0.39 is 0 Å².